The largest absolute Gasteiger partial charge is 0.481 e. The van der Waals surface area contributed by atoms with E-state index < -0.39 is 18.0 Å². The molecule has 0 atom stereocenters. The number of hydrogen-bond acceptors (Lipinski definition) is 5. The summed E-state index contributed by atoms with van der Waals surface area (Å²) in [6, 6.07) is -0.553. The zero-order chi connectivity index (χ0) is 16.0. The van der Waals surface area contributed by atoms with Crippen molar-refractivity contribution in [1.82, 2.24) is 5.32 Å². The van der Waals surface area contributed by atoms with E-state index in [-0.39, 0.29) is 19.6 Å². The van der Waals surface area contributed by atoms with Gasteiger partial charge in [-0.2, -0.15) is 0 Å². The van der Waals surface area contributed by atoms with Gasteiger partial charge in [-0.05, 0) is 26.3 Å². The van der Waals surface area contributed by atoms with Crippen molar-refractivity contribution in [1.29, 1.82) is 0 Å². The lowest BCUT2D eigenvalue weighted by molar-refractivity contribution is -0.136. The van der Waals surface area contributed by atoms with Crippen molar-refractivity contribution < 1.29 is 24.2 Å². The molecule has 2 amide bonds. The third kappa shape index (κ3) is 4.75. The number of ether oxygens (including phenoxy) is 1. The minimum atomic E-state index is -0.995. The van der Waals surface area contributed by atoms with Crippen LogP contribution in [0.3, 0.4) is 0 Å². The number of nitrogens with one attached hydrogen (secondary N) is 2. The van der Waals surface area contributed by atoms with Crippen molar-refractivity contribution in [3.8, 4) is 0 Å². The molecule has 0 fully saturated rings. The quantitative estimate of drug-likeness (QED) is 0.698. The monoisotopic (exact) mass is 314 g/mol. The molecule has 8 heteroatoms. The number of carbonyl (C=O) groups excluding carboxylic acids is 2. The molecular formula is C13H18N2O5S. The minimum absolute atomic E-state index is 0.0131. The number of esters is 1. The first kappa shape index (κ1) is 17.0. The van der Waals surface area contributed by atoms with Gasteiger partial charge in [0.25, 0.3) is 0 Å². The van der Waals surface area contributed by atoms with Crippen molar-refractivity contribution in [2.75, 3.05) is 18.5 Å². The Labute approximate surface area is 126 Å². The Morgan fingerprint density at radius 3 is 2.52 bits per heavy atom. The normalized spacial score (nSPS) is 10.0. The third-order valence-electron chi connectivity index (χ3n) is 2.72. The van der Waals surface area contributed by atoms with E-state index in [4.69, 9.17) is 9.84 Å². The third-order valence-corrected chi connectivity index (χ3v) is 3.84. The highest BCUT2D eigenvalue weighted by molar-refractivity contribution is 7.16. The SMILES string of the molecule is CCOC(=O)c1c(NC(=O)NCCC(=O)O)sc(C)c1C. The Morgan fingerprint density at radius 2 is 1.95 bits per heavy atom. The second kappa shape index (κ2) is 7.63. The van der Waals surface area contributed by atoms with Crippen LogP contribution in [0.25, 0.3) is 0 Å². The Bertz CT molecular complexity index is 553. The molecule has 0 aliphatic carbocycles. The number of thiophene rings is 1. The number of carboxylic acid groups (broad SMARTS) is 1. The summed E-state index contributed by atoms with van der Waals surface area (Å²) in [4.78, 5) is 34.9. The molecule has 21 heavy (non-hydrogen) atoms. The molecule has 116 valence electrons. The van der Waals surface area contributed by atoms with Crippen molar-refractivity contribution in [3.63, 3.8) is 0 Å². The summed E-state index contributed by atoms with van der Waals surface area (Å²) in [5.41, 5.74) is 1.10. The zero-order valence-corrected chi connectivity index (χ0v) is 12.9. The highest BCUT2D eigenvalue weighted by Gasteiger charge is 2.21. The van der Waals surface area contributed by atoms with Crippen LogP contribution in [-0.4, -0.2) is 36.2 Å². The van der Waals surface area contributed by atoms with Crippen LogP contribution >= 0.6 is 11.3 Å². The van der Waals surface area contributed by atoms with Gasteiger partial charge in [-0.1, -0.05) is 0 Å². The minimum Gasteiger partial charge on any atom is -0.481 e. The maximum Gasteiger partial charge on any atom is 0.341 e. The maximum atomic E-state index is 11.9. The predicted octanol–water partition coefficient (Wildman–Crippen LogP) is 2.14. The zero-order valence-electron chi connectivity index (χ0n) is 12.1. The van der Waals surface area contributed by atoms with Gasteiger partial charge in [0.1, 0.15) is 5.00 Å². The lowest BCUT2D eigenvalue weighted by Crippen LogP contribution is -2.30. The van der Waals surface area contributed by atoms with Crippen molar-refractivity contribution in [3.05, 3.63) is 16.0 Å². The molecule has 0 aliphatic rings. The summed E-state index contributed by atoms with van der Waals surface area (Å²) in [6.07, 6.45) is -0.166. The average Bonchev–Trinajstić information content (AvgIpc) is 2.64. The number of aryl methyl sites for hydroxylation is 1. The van der Waals surface area contributed by atoms with E-state index in [1.54, 1.807) is 13.8 Å². The van der Waals surface area contributed by atoms with Crippen LogP contribution in [0.5, 0.6) is 0 Å². The molecule has 1 aromatic rings. The van der Waals surface area contributed by atoms with E-state index in [1.165, 1.54) is 11.3 Å². The fourth-order valence-corrected chi connectivity index (χ4v) is 2.64. The summed E-state index contributed by atoms with van der Waals surface area (Å²) in [5, 5.41) is 13.9. The first-order valence-corrected chi connectivity index (χ1v) is 7.22. The van der Waals surface area contributed by atoms with Gasteiger partial charge in [-0.15, -0.1) is 11.3 Å². The summed E-state index contributed by atoms with van der Waals surface area (Å²) in [7, 11) is 0. The van der Waals surface area contributed by atoms with E-state index in [1.807, 2.05) is 6.92 Å². The highest BCUT2D eigenvalue weighted by Crippen LogP contribution is 2.32. The molecule has 0 aromatic carbocycles. The van der Waals surface area contributed by atoms with E-state index >= 15 is 0 Å². The van der Waals surface area contributed by atoms with Crippen LogP contribution in [-0.2, 0) is 9.53 Å². The van der Waals surface area contributed by atoms with Crippen molar-refractivity contribution in [2.24, 2.45) is 0 Å². The van der Waals surface area contributed by atoms with Crippen LogP contribution in [0.4, 0.5) is 9.80 Å². The molecule has 0 bridgehead atoms. The fraction of sp³-hybridized carbons (Fsp3) is 0.462. The standard InChI is InChI=1S/C13H18N2O5S/c1-4-20-12(18)10-7(2)8(3)21-11(10)15-13(19)14-6-5-9(16)17/h4-6H2,1-3H3,(H,16,17)(H2,14,15,19). The molecule has 1 rings (SSSR count). The van der Waals surface area contributed by atoms with Gasteiger partial charge in [0.05, 0.1) is 18.6 Å². The highest BCUT2D eigenvalue weighted by atomic mass is 32.1. The number of aliphatic carboxylic acids is 1. The van der Waals surface area contributed by atoms with Gasteiger partial charge >= 0.3 is 18.0 Å². The topological polar surface area (TPSA) is 105 Å². The molecule has 0 spiro atoms. The van der Waals surface area contributed by atoms with E-state index in [2.05, 4.69) is 10.6 Å². The molecule has 1 heterocycles. The molecule has 0 saturated carbocycles. The lowest BCUT2D eigenvalue weighted by Gasteiger charge is -2.08. The smallest absolute Gasteiger partial charge is 0.341 e. The predicted molar refractivity (Wildman–Crippen MR) is 79.0 cm³/mol. The average molecular weight is 314 g/mol. The van der Waals surface area contributed by atoms with E-state index in [0.29, 0.717) is 10.6 Å². The Morgan fingerprint density at radius 1 is 1.29 bits per heavy atom. The summed E-state index contributed by atoms with van der Waals surface area (Å²) < 4.78 is 4.98. The van der Waals surface area contributed by atoms with Gasteiger partial charge in [0, 0.05) is 11.4 Å². The van der Waals surface area contributed by atoms with E-state index in [0.717, 1.165) is 10.4 Å². The van der Waals surface area contributed by atoms with Crippen molar-refractivity contribution in [2.45, 2.75) is 27.2 Å². The molecule has 0 saturated heterocycles. The maximum absolute atomic E-state index is 11.9. The van der Waals surface area contributed by atoms with Crippen LogP contribution in [0.2, 0.25) is 0 Å². The van der Waals surface area contributed by atoms with Gasteiger partial charge in [-0.3, -0.25) is 10.1 Å². The van der Waals surface area contributed by atoms with Gasteiger partial charge < -0.3 is 15.2 Å². The molecule has 0 unspecified atom stereocenters. The molecule has 0 radical (unpaired) electrons. The molecule has 7 nitrogen and oxygen atoms in total. The Balaban J connectivity index is 2.78. The molecular weight excluding hydrogens is 296 g/mol. The number of amides is 2. The van der Waals surface area contributed by atoms with Gasteiger partial charge in [0.15, 0.2) is 0 Å². The summed E-state index contributed by atoms with van der Waals surface area (Å²) in [5.74, 6) is -1.48. The summed E-state index contributed by atoms with van der Waals surface area (Å²) >= 11 is 1.27. The van der Waals surface area contributed by atoms with Crippen LogP contribution in [0, 0.1) is 13.8 Å². The number of anilines is 1. The van der Waals surface area contributed by atoms with Crippen LogP contribution in [0.1, 0.15) is 34.1 Å². The molecule has 0 aliphatic heterocycles. The van der Waals surface area contributed by atoms with Crippen molar-refractivity contribution >= 4 is 34.3 Å². The van der Waals surface area contributed by atoms with Crippen LogP contribution in [0.15, 0.2) is 0 Å². The Kier molecular flexibility index (Phi) is 6.16. The van der Waals surface area contributed by atoms with Gasteiger partial charge in [0.2, 0.25) is 0 Å². The summed E-state index contributed by atoms with van der Waals surface area (Å²) in [6.45, 7) is 5.59. The van der Waals surface area contributed by atoms with Crippen LogP contribution < -0.4 is 10.6 Å². The second-order valence-electron chi connectivity index (χ2n) is 4.23. The Hall–Kier alpha value is -2.09. The van der Waals surface area contributed by atoms with E-state index in [9.17, 15) is 14.4 Å². The number of urea groups is 1. The number of carboxylic acids is 1. The first-order chi connectivity index (χ1) is 9.86. The second-order valence-corrected chi connectivity index (χ2v) is 5.46. The molecule has 3 N–H and O–H groups in total. The molecule has 1 aromatic heterocycles. The number of hydrogen-bond donors (Lipinski definition) is 3. The number of carbonyl (C=O) groups is 3. The lowest BCUT2D eigenvalue weighted by atomic mass is 10.1. The number of rotatable bonds is 6. The first-order valence-electron chi connectivity index (χ1n) is 6.40. The van der Waals surface area contributed by atoms with Gasteiger partial charge in [-0.25, -0.2) is 9.59 Å². The fourth-order valence-electron chi connectivity index (χ4n) is 1.59.